The van der Waals surface area contributed by atoms with Gasteiger partial charge in [-0.2, -0.15) is 0 Å². The van der Waals surface area contributed by atoms with E-state index in [1.807, 2.05) is 39.1 Å². The molecule has 1 fully saturated rings. The van der Waals surface area contributed by atoms with Gasteiger partial charge in [0.25, 0.3) is 5.91 Å². The van der Waals surface area contributed by atoms with Gasteiger partial charge in [-0.25, -0.2) is 5.43 Å². The Morgan fingerprint density at radius 3 is 2.49 bits per heavy atom. The first-order valence-corrected chi connectivity index (χ1v) is 15.1. The van der Waals surface area contributed by atoms with Crippen molar-refractivity contribution in [3.63, 3.8) is 0 Å². The number of hydrogen-bond donors (Lipinski definition) is 4. The maximum absolute atomic E-state index is 13.2. The molecule has 224 valence electrons. The molecule has 10 nitrogen and oxygen atoms in total. The summed E-state index contributed by atoms with van der Waals surface area (Å²) in [6, 6.07) is 4.05. The first-order chi connectivity index (χ1) is 19.6. The second-order valence-corrected chi connectivity index (χ2v) is 11.8. The standard InChI is InChI=1S/C31H45N5O5/c1-19(2)28-29(38)33-20(3)30(39)36-15-9-11-26(35-36)31(40)41-21(4)22-13-14-23-18-32-25(17-24(23)16-22)10-7-5-6-8-12-27(37)34-28/h13-14,16-21,25-26,28,32,35H,5-12,15H2,1-4H3,(H,33,38)(H,34,37)/t20-,21+,25?,26-,28-/m0/s1. The van der Waals surface area contributed by atoms with Crippen LogP contribution in [0, 0.1) is 5.92 Å². The van der Waals surface area contributed by atoms with E-state index >= 15 is 0 Å². The number of rotatable bonds is 1. The molecule has 0 aliphatic carbocycles. The third kappa shape index (κ3) is 8.09. The molecule has 0 radical (unpaired) electrons. The highest BCUT2D eigenvalue weighted by atomic mass is 16.5. The van der Waals surface area contributed by atoms with E-state index < -0.39 is 36.1 Å². The Labute approximate surface area is 242 Å². The molecule has 5 bridgehead atoms. The number of ether oxygens (including phenoxy) is 1. The first-order valence-electron chi connectivity index (χ1n) is 15.1. The molecule has 0 saturated carbocycles. The Morgan fingerprint density at radius 1 is 0.927 bits per heavy atom. The summed E-state index contributed by atoms with van der Waals surface area (Å²) in [4.78, 5) is 52.0. The molecule has 3 aliphatic heterocycles. The lowest BCUT2D eigenvalue weighted by molar-refractivity contribution is -0.157. The van der Waals surface area contributed by atoms with E-state index in [0.29, 0.717) is 25.8 Å². The van der Waals surface area contributed by atoms with Crippen LogP contribution in [0.15, 0.2) is 18.2 Å². The number of amides is 3. The van der Waals surface area contributed by atoms with Crippen LogP contribution in [0.2, 0.25) is 0 Å². The number of nitrogens with zero attached hydrogens (tertiary/aromatic N) is 1. The molecule has 41 heavy (non-hydrogen) atoms. The summed E-state index contributed by atoms with van der Waals surface area (Å²) in [5, 5.41) is 12.7. The third-order valence-corrected chi connectivity index (χ3v) is 8.11. The summed E-state index contributed by atoms with van der Waals surface area (Å²) in [6.07, 6.45) is 10.0. The van der Waals surface area contributed by atoms with Crippen molar-refractivity contribution in [2.75, 3.05) is 6.54 Å². The Hall–Kier alpha value is -3.40. The monoisotopic (exact) mass is 567 g/mol. The molecule has 3 aliphatic rings. The van der Waals surface area contributed by atoms with Gasteiger partial charge in [0.2, 0.25) is 11.8 Å². The number of carbonyl (C=O) groups is 4. The van der Waals surface area contributed by atoms with Gasteiger partial charge in [0.05, 0.1) is 0 Å². The largest absolute Gasteiger partial charge is 0.457 e. The van der Waals surface area contributed by atoms with Gasteiger partial charge < -0.3 is 20.7 Å². The number of carbonyl (C=O) groups excluding carboxylic acids is 4. The zero-order chi connectivity index (χ0) is 29.5. The Bertz CT molecular complexity index is 1250. The molecule has 1 saturated heterocycles. The predicted molar refractivity (Wildman–Crippen MR) is 156 cm³/mol. The van der Waals surface area contributed by atoms with Crippen molar-refractivity contribution in [1.29, 1.82) is 0 Å². The SMILES string of the molecule is CC(C)[C@@H]1NC(=O)CCCCCCC2C=c3cc(ccc3=CN2)[C@@H](C)OC(=O)[C@@H]2CCCN(N2)C(=O)[C@H](C)NC1=O. The second kappa shape index (κ2) is 14.0. The maximum atomic E-state index is 13.2. The fourth-order valence-corrected chi connectivity index (χ4v) is 5.57. The molecule has 10 heteroatoms. The number of esters is 1. The number of nitrogens with one attached hydrogen (secondary N) is 4. The summed E-state index contributed by atoms with van der Waals surface area (Å²) in [6.45, 7) is 7.61. The van der Waals surface area contributed by atoms with E-state index in [2.05, 4.69) is 33.5 Å². The van der Waals surface area contributed by atoms with E-state index in [4.69, 9.17) is 4.74 Å². The van der Waals surface area contributed by atoms with Gasteiger partial charge >= 0.3 is 5.97 Å². The van der Waals surface area contributed by atoms with E-state index in [1.165, 1.54) is 5.01 Å². The molecule has 4 N–H and O–H groups in total. The minimum Gasteiger partial charge on any atom is -0.457 e. The number of benzene rings is 1. The minimum atomic E-state index is -0.839. The summed E-state index contributed by atoms with van der Waals surface area (Å²) in [5.74, 6) is -1.48. The van der Waals surface area contributed by atoms with E-state index in [1.54, 1.807) is 6.92 Å². The molecule has 3 heterocycles. The van der Waals surface area contributed by atoms with Crippen LogP contribution in [0.3, 0.4) is 0 Å². The van der Waals surface area contributed by atoms with Crippen LogP contribution in [0.25, 0.3) is 12.3 Å². The first kappa shape index (κ1) is 30.6. The second-order valence-electron chi connectivity index (χ2n) is 11.8. The lowest BCUT2D eigenvalue weighted by Crippen LogP contribution is -2.61. The van der Waals surface area contributed by atoms with Crippen molar-refractivity contribution >= 4 is 36.0 Å². The number of hydrogen-bond acceptors (Lipinski definition) is 7. The topological polar surface area (TPSA) is 129 Å². The van der Waals surface area contributed by atoms with Crippen molar-refractivity contribution in [3.8, 4) is 0 Å². The lowest BCUT2D eigenvalue weighted by Gasteiger charge is -2.35. The fourth-order valence-electron chi connectivity index (χ4n) is 5.57. The molecule has 1 unspecified atom stereocenters. The maximum Gasteiger partial charge on any atom is 0.325 e. The summed E-state index contributed by atoms with van der Waals surface area (Å²) >= 11 is 0. The van der Waals surface area contributed by atoms with Crippen molar-refractivity contribution in [2.24, 2.45) is 5.92 Å². The molecule has 1 aromatic rings. The Balaban J connectivity index is 1.52. The van der Waals surface area contributed by atoms with Gasteiger partial charge in [-0.05, 0) is 67.5 Å². The highest BCUT2D eigenvalue weighted by Gasteiger charge is 2.33. The van der Waals surface area contributed by atoms with Crippen LogP contribution < -0.4 is 31.8 Å². The average Bonchev–Trinajstić information content (AvgIpc) is 2.96. The van der Waals surface area contributed by atoms with Crippen LogP contribution in [-0.4, -0.2) is 59.4 Å². The average molecular weight is 568 g/mol. The van der Waals surface area contributed by atoms with Gasteiger partial charge in [-0.3, -0.25) is 24.2 Å². The van der Waals surface area contributed by atoms with Crippen molar-refractivity contribution < 1.29 is 23.9 Å². The van der Waals surface area contributed by atoms with Crippen LogP contribution in [0.4, 0.5) is 0 Å². The van der Waals surface area contributed by atoms with Crippen LogP contribution in [-0.2, 0) is 23.9 Å². The lowest BCUT2D eigenvalue weighted by atomic mass is 10.0. The minimum absolute atomic E-state index is 0.148. The van der Waals surface area contributed by atoms with Crippen LogP contribution >= 0.6 is 0 Å². The molecular weight excluding hydrogens is 522 g/mol. The Morgan fingerprint density at radius 2 is 1.71 bits per heavy atom. The third-order valence-electron chi connectivity index (χ3n) is 8.11. The van der Waals surface area contributed by atoms with Crippen LogP contribution in [0.5, 0.6) is 0 Å². The van der Waals surface area contributed by atoms with Gasteiger partial charge in [-0.15, -0.1) is 0 Å². The number of cyclic esters (lactones) is 1. The molecule has 1 aromatic carbocycles. The quantitative estimate of drug-likeness (QED) is 0.377. The van der Waals surface area contributed by atoms with Crippen molar-refractivity contribution in [3.05, 3.63) is 34.2 Å². The van der Waals surface area contributed by atoms with Gasteiger partial charge in [-0.1, -0.05) is 51.3 Å². The molecule has 5 atom stereocenters. The zero-order valence-electron chi connectivity index (χ0n) is 24.7. The zero-order valence-corrected chi connectivity index (χ0v) is 24.7. The van der Waals surface area contributed by atoms with Gasteiger partial charge in [0.15, 0.2) is 0 Å². The number of fused-ring (bicyclic) bond motifs is 4. The summed E-state index contributed by atoms with van der Waals surface area (Å²) < 4.78 is 5.84. The molecule has 0 spiro atoms. The van der Waals surface area contributed by atoms with Crippen LogP contribution in [0.1, 0.15) is 90.7 Å². The predicted octanol–water partition coefficient (Wildman–Crippen LogP) is 1.28. The summed E-state index contributed by atoms with van der Waals surface area (Å²) in [7, 11) is 0. The Kier molecular flexibility index (Phi) is 10.4. The van der Waals surface area contributed by atoms with Crippen molar-refractivity contribution in [2.45, 2.75) is 109 Å². The van der Waals surface area contributed by atoms with E-state index in [9.17, 15) is 19.2 Å². The fraction of sp³-hybridized carbons (Fsp3) is 0.613. The molecular formula is C31H45N5O5. The molecule has 4 rings (SSSR count). The number of hydrazine groups is 1. The van der Waals surface area contributed by atoms with E-state index in [0.717, 1.165) is 48.1 Å². The normalized spacial score (nSPS) is 28.8. The highest BCUT2D eigenvalue weighted by Crippen LogP contribution is 2.18. The van der Waals surface area contributed by atoms with Gasteiger partial charge in [0, 0.05) is 25.2 Å². The molecule has 0 aromatic heterocycles. The smallest absolute Gasteiger partial charge is 0.325 e. The molecule has 3 amide bonds. The van der Waals surface area contributed by atoms with Crippen molar-refractivity contribution in [1.82, 2.24) is 26.4 Å². The highest BCUT2D eigenvalue weighted by molar-refractivity contribution is 5.92. The van der Waals surface area contributed by atoms with Gasteiger partial charge in [0.1, 0.15) is 24.2 Å². The van der Waals surface area contributed by atoms with E-state index in [-0.39, 0.29) is 23.8 Å². The summed E-state index contributed by atoms with van der Waals surface area (Å²) in [5.41, 5.74) is 3.92.